The fourth-order valence-electron chi connectivity index (χ4n) is 2.25. The normalized spacial score (nSPS) is 24.3. The molecule has 0 bridgehead atoms. The van der Waals surface area contributed by atoms with E-state index in [9.17, 15) is 0 Å². The van der Waals surface area contributed by atoms with Crippen LogP contribution in [0.15, 0.2) is 0 Å². The molecule has 2 atom stereocenters. The molecule has 0 radical (unpaired) electrons. The van der Waals surface area contributed by atoms with E-state index in [0.29, 0.717) is 6.29 Å². The molecule has 0 saturated carbocycles. The van der Waals surface area contributed by atoms with Crippen LogP contribution in [-0.4, -0.2) is 81.8 Å². The Morgan fingerprint density at radius 2 is 2.17 bits per heavy atom. The first-order valence-corrected chi connectivity index (χ1v) is 6.02. The van der Waals surface area contributed by atoms with E-state index in [4.69, 9.17) is 15.0 Å². The average molecular weight is 263 g/mol. The molecule has 0 amide bonds. The summed E-state index contributed by atoms with van der Waals surface area (Å²) in [6.07, 6.45) is 0.168. The summed E-state index contributed by atoms with van der Waals surface area (Å²) in [6.45, 7) is 3.39. The van der Waals surface area contributed by atoms with E-state index in [1.54, 1.807) is 0 Å². The Morgan fingerprint density at radius 1 is 1.61 bits per heavy atom. The van der Waals surface area contributed by atoms with E-state index in [1.807, 2.05) is 0 Å². The number of ether oxygens (including phenoxy) is 1. The van der Waals surface area contributed by atoms with Crippen LogP contribution in [0.2, 0.25) is 0 Å². The Labute approximate surface area is 109 Å². The van der Waals surface area contributed by atoms with Crippen molar-refractivity contribution in [3.8, 4) is 0 Å². The lowest BCUT2D eigenvalue weighted by molar-refractivity contribution is -0.937. The first kappa shape index (κ1) is 17.1. The smallest absolute Gasteiger partial charge is 0.251 e. The summed E-state index contributed by atoms with van der Waals surface area (Å²) in [4.78, 5) is 15.1. The van der Waals surface area contributed by atoms with Gasteiger partial charge in [0.1, 0.15) is 0 Å². The summed E-state index contributed by atoms with van der Waals surface area (Å²) < 4.78 is 3.56. The van der Waals surface area contributed by atoms with E-state index < -0.39 is 6.16 Å². The van der Waals surface area contributed by atoms with E-state index in [0.717, 1.165) is 20.2 Å². The molecule has 0 aromatic heterocycles. The molecule has 0 aromatic carbocycles. The van der Waals surface area contributed by atoms with Gasteiger partial charge in [0.2, 0.25) is 6.29 Å². The van der Waals surface area contributed by atoms with Crippen molar-refractivity contribution in [3.05, 3.63) is 0 Å². The molecule has 0 aromatic rings. The average Bonchev–Trinajstić information content (AvgIpc) is 2.29. The molecule has 18 heavy (non-hydrogen) atoms. The van der Waals surface area contributed by atoms with E-state index in [1.165, 1.54) is 17.9 Å². The van der Waals surface area contributed by atoms with Crippen LogP contribution in [0.1, 0.15) is 6.42 Å². The molecule has 0 aliphatic carbocycles. The van der Waals surface area contributed by atoms with Gasteiger partial charge in [-0.2, -0.15) is 0 Å². The second kappa shape index (κ2) is 9.09. The summed E-state index contributed by atoms with van der Waals surface area (Å²) in [7, 11) is 7.46. The summed E-state index contributed by atoms with van der Waals surface area (Å²) in [5.74, 6) is 0. The molecule has 0 spiro atoms. The lowest BCUT2D eigenvalue weighted by atomic mass is 10.2. The van der Waals surface area contributed by atoms with Gasteiger partial charge < -0.3 is 24.6 Å². The number of carbonyl (C=O) groups is 1. The topological polar surface area (TPSA) is 80.5 Å². The van der Waals surface area contributed by atoms with Gasteiger partial charge in [-0.05, 0) is 14.1 Å². The second-order valence-corrected chi connectivity index (χ2v) is 4.50. The van der Waals surface area contributed by atoms with Crippen LogP contribution in [0.25, 0.3) is 0 Å². The van der Waals surface area contributed by atoms with Crippen LogP contribution in [0, 0.1) is 0 Å². The predicted octanol–water partition coefficient (Wildman–Crippen LogP) is -2.98. The lowest BCUT2D eigenvalue weighted by Crippen LogP contribution is -3.18. The highest BCUT2D eigenvalue weighted by molar-refractivity contribution is 5.53. The third kappa shape index (κ3) is 6.15. The van der Waals surface area contributed by atoms with Gasteiger partial charge in [0.05, 0.1) is 20.2 Å². The van der Waals surface area contributed by atoms with Crippen molar-refractivity contribution in [1.82, 2.24) is 9.80 Å². The van der Waals surface area contributed by atoms with Gasteiger partial charge in [0.25, 0.3) is 6.16 Å². The summed E-state index contributed by atoms with van der Waals surface area (Å²) in [6, 6.07) is 0. The molecule has 1 aliphatic heterocycles. The van der Waals surface area contributed by atoms with Crippen LogP contribution in [0.5, 0.6) is 0 Å². The van der Waals surface area contributed by atoms with Gasteiger partial charge in [0, 0.05) is 26.6 Å². The molecule has 2 unspecified atom stereocenters. The summed E-state index contributed by atoms with van der Waals surface area (Å²) in [5, 5.41) is 18.0. The molecule has 1 fully saturated rings. The van der Waals surface area contributed by atoms with Gasteiger partial charge in [-0.3, -0.25) is 0 Å². The molecule has 108 valence electrons. The zero-order valence-electron chi connectivity index (χ0n) is 11.7. The summed E-state index contributed by atoms with van der Waals surface area (Å²) >= 11 is 0. The maximum Gasteiger partial charge on any atom is 0.251 e. The fraction of sp³-hybridized carbons (Fsp3) is 0.909. The van der Waals surface area contributed by atoms with E-state index in [2.05, 4.69) is 35.7 Å². The zero-order valence-corrected chi connectivity index (χ0v) is 11.7. The van der Waals surface area contributed by atoms with Gasteiger partial charge in [-0.15, -0.1) is 0 Å². The number of aliphatic hydroxyl groups excluding tert-OH is 1. The third-order valence-corrected chi connectivity index (χ3v) is 2.85. The van der Waals surface area contributed by atoms with Crippen molar-refractivity contribution in [2.24, 2.45) is 0 Å². The molecular formula is C11H25N3O4. The van der Waals surface area contributed by atoms with Crippen molar-refractivity contribution in [2.45, 2.75) is 12.7 Å². The molecule has 2 N–H and O–H groups in total. The minimum Gasteiger partial charge on any atom is -0.553 e. The number of aliphatic hydroxyl groups is 1. The van der Waals surface area contributed by atoms with Crippen LogP contribution >= 0.6 is 0 Å². The number of nitrogens with zero attached hydrogens (tertiary/aromatic N) is 2. The van der Waals surface area contributed by atoms with Crippen molar-refractivity contribution >= 4 is 6.16 Å². The van der Waals surface area contributed by atoms with Crippen LogP contribution in [-0.2, 0) is 4.74 Å². The summed E-state index contributed by atoms with van der Waals surface area (Å²) in [5.41, 5.74) is 0. The second-order valence-electron chi connectivity index (χ2n) is 4.50. The van der Waals surface area contributed by atoms with Gasteiger partial charge in [-0.25, -0.2) is 9.80 Å². The zero-order chi connectivity index (χ0) is 14.1. The van der Waals surface area contributed by atoms with Crippen LogP contribution in [0.4, 0.5) is 4.79 Å². The van der Waals surface area contributed by atoms with Crippen LogP contribution in [0.3, 0.4) is 0 Å². The first-order valence-electron chi connectivity index (χ1n) is 6.02. The van der Waals surface area contributed by atoms with Crippen molar-refractivity contribution in [3.63, 3.8) is 0 Å². The fourth-order valence-corrected chi connectivity index (χ4v) is 2.25. The number of carboxylic acid groups (broad SMARTS) is 1. The SMILES string of the molecule is CN(C)C1N(CCO)CCC[NH+]1C.COC(=O)[O-]. The largest absolute Gasteiger partial charge is 0.553 e. The number of rotatable bonds is 3. The Hall–Kier alpha value is -0.890. The molecule has 7 nitrogen and oxygen atoms in total. The Balaban J connectivity index is 0.000000494. The van der Waals surface area contributed by atoms with Gasteiger partial charge >= 0.3 is 0 Å². The molecular weight excluding hydrogens is 238 g/mol. The molecule has 7 heteroatoms. The molecule has 1 aliphatic rings. The number of β-amino-alcohol motifs (C(OH)–C–C–N with tert-alkyl or cyclic N) is 1. The minimum absolute atomic E-state index is 0.262. The van der Waals surface area contributed by atoms with Gasteiger partial charge in [-0.1, -0.05) is 0 Å². The highest BCUT2D eigenvalue weighted by Gasteiger charge is 2.31. The predicted molar refractivity (Wildman–Crippen MR) is 64.9 cm³/mol. The molecule has 1 saturated heterocycles. The lowest BCUT2D eigenvalue weighted by Gasteiger charge is -2.41. The molecule has 1 rings (SSSR count). The van der Waals surface area contributed by atoms with Gasteiger partial charge in [0.15, 0.2) is 0 Å². The Morgan fingerprint density at radius 3 is 2.56 bits per heavy atom. The number of hydrogen-bond donors (Lipinski definition) is 2. The standard InChI is InChI=1S/C9H21N3O.C2H4O3/c1-10(2)9-11(3)5-4-6-12(9)7-8-13;1-5-2(3)4/h9,13H,4-8H2,1-3H3;1H3,(H,3,4). The monoisotopic (exact) mass is 263 g/mol. The number of quaternary nitrogens is 1. The minimum atomic E-state index is -1.50. The van der Waals surface area contributed by atoms with E-state index in [-0.39, 0.29) is 6.61 Å². The maximum absolute atomic E-state index is 9.03. The quantitative estimate of drug-likeness (QED) is 0.529. The van der Waals surface area contributed by atoms with Crippen molar-refractivity contribution < 1.29 is 24.6 Å². The Kier molecular flexibility index (Phi) is 8.65. The van der Waals surface area contributed by atoms with E-state index >= 15 is 0 Å². The number of nitrogens with one attached hydrogen (secondary N) is 1. The molecule has 1 heterocycles. The Bertz CT molecular complexity index is 236. The highest BCUT2D eigenvalue weighted by Crippen LogP contribution is 2.01. The number of hydrogen-bond acceptors (Lipinski definition) is 6. The van der Waals surface area contributed by atoms with Crippen LogP contribution < -0.4 is 10.0 Å². The third-order valence-electron chi connectivity index (χ3n) is 2.85. The van der Waals surface area contributed by atoms with Crippen molar-refractivity contribution in [1.29, 1.82) is 0 Å². The van der Waals surface area contributed by atoms with Crippen molar-refractivity contribution in [2.75, 3.05) is 54.5 Å². The number of carbonyl (C=O) groups excluding carboxylic acids is 1. The maximum atomic E-state index is 9.03. The first-order chi connectivity index (χ1) is 8.43. The number of methoxy groups -OCH3 is 1. The highest BCUT2D eigenvalue weighted by atomic mass is 16.6.